The van der Waals surface area contributed by atoms with Gasteiger partial charge < -0.3 is 5.11 Å². The molecule has 2 N–H and O–H groups in total. The predicted molar refractivity (Wildman–Crippen MR) is 82.0 cm³/mol. The second-order valence-corrected chi connectivity index (χ2v) is 5.14. The largest absolute Gasteiger partial charge is 0.507 e. The first-order chi connectivity index (χ1) is 9.58. The smallest absolute Gasteiger partial charge is 0.271 e. The second-order valence-electron chi connectivity index (χ2n) is 4.22. The fourth-order valence-electron chi connectivity index (χ4n) is 1.64. The molecule has 4 nitrogen and oxygen atoms in total. The minimum absolute atomic E-state index is 0.160. The average molecular weight is 333 g/mol. The number of hydrazone groups is 1. The van der Waals surface area contributed by atoms with Crippen molar-refractivity contribution in [3.8, 4) is 5.75 Å². The van der Waals surface area contributed by atoms with Gasteiger partial charge in [-0.25, -0.2) is 5.43 Å². The highest BCUT2D eigenvalue weighted by atomic mass is 79.9. The molecule has 2 aromatic carbocycles. The Labute approximate surface area is 125 Å². The molecule has 20 heavy (non-hydrogen) atoms. The Balaban J connectivity index is 2.07. The number of amides is 1. The number of hydrogen-bond acceptors (Lipinski definition) is 3. The first-order valence-electron chi connectivity index (χ1n) is 5.95. The SMILES string of the molecule is Cc1cccc(/C=N/NC(=O)c2cccc(Br)c2)c1O. The van der Waals surface area contributed by atoms with E-state index in [-0.39, 0.29) is 11.7 Å². The van der Waals surface area contributed by atoms with E-state index in [1.54, 1.807) is 37.3 Å². The minimum Gasteiger partial charge on any atom is -0.507 e. The molecule has 0 spiro atoms. The van der Waals surface area contributed by atoms with Gasteiger partial charge in [-0.2, -0.15) is 5.10 Å². The van der Waals surface area contributed by atoms with Gasteiger partial charge in [-0.05, 0) is 36.8 Å². The van der Waals surface area contributed by atoms with Crippen LogP contribution < -0.4 is 5.43 Å². The Morgan fingerprint density at radius 1 is 1.30 bits per heavy atom. The van der Waals surface area contributed by atoms with E-state index in [0.717, 1.165) is 10.0 Å². The van der Waals surface area contributed by atoms with Crippen LogP contribution in [0.1, 0.15) is 21.5 Å². The summed E-state index contributed by atoms with van der Waals surface area (Å²) >= 11 is 3.30. The summed E-state index contributed by atoms with van der Waals surface area (Å²) in [6, 6.07) is 12.3. The van der Waals surface area contributed by atoms with E-state index >= 15 is 0 Å². The highest BCUT2D eigenvalue weighted by molar-refractivity contribution is 9.10. The number of phenolic OH excluding ortho intramolecular Hbond substituents is 1. The lowest BCUT2D eigenvalue weighted by Crippen LogP contribution is -2.17. The van der Waals surface area contributed by atoms with Gasteiger partial charge in [-0.1, -0.05) is 34.1 Å². The van der Waals surface area contributed by atoms with Gasteiger partial charge in [0.15, 0.2) is 0 Å². The number of hydrogen-bond donors (Lipinski definition) is 2. The molecule has 102 valence electrons. The van der Waals surface area contributed by atoms with E-state index in [9.17, 15) is 9.90 Å². The third-order valence-electron chi connectivity index (χ3n) is 2.73. The van der Waals surface area contributed by atoms with Crippen LogP contribution in [-0.2, 0) is 0 Å². The predicted octanol–water partition coefficient (Wildman–Crippen LogP) is 3.23. The van der Waals surface area contributed by atoms with E-state index in [2.05, 4.69) is 26.5 Å². The molecule has 2 aromatic rings. The minimum atomic E-state index is -0.310. The number of carbonyl (C=O) groups is 1. The van der Waals surface area contributed by atoms with Crippen molar-refractivity contribution >= 4 is 28.1 Å². The Hall–Kier alpha value is -2.14. The molecule has 0 fully saturated rings. The van der Waals surface area contributed by atoms with Crippen LogP contribution in [0.4, 0.5) is 0 Å². The first kappa shape index (κ1) is 14.3. The molecule has 0 aliphatic rings. The number of halogens is 1. The van der Waals surface area contributed by atoms with Gasteiger partial charge in [0.2, 0.25) is 0 Å². The zero-order valence-corrected chi connectivity index (χ0v) is 12.4. The summed E-state index contributed by atoms with van der Waals surface area (Å²) in [6.07, 6.45) is 1.41. The summed E-state index contributed by atoms with van der Waals surface area (Å²) in [5.41, 5.74) is 4.24. The Kier molecular flexibility index (Phi) is 4.53. The van der Waals surface area contributed by atoms with Crippen LogP contribution in [0.15, 0.2) is 52.0 Å². The maximum Gasteiger partial charge on any atom is 0.271 e. The van der Waals surface area contributed by atoms with Gasteiger partial charge in [0.05, 0.1) is 6.21 Å². The Bertz CT molecular complexity index is 669. The van der Waals surface area contributed by atoms with Gasteiger partial charge in [-0.15, -0.1) is 0 Å². The number of benzene rings is 2. The molecule has 2 rings (SSSR count). The average Bonchev–Trinajstić information content (AvgIpc) is 2.43. The van der Waals surface area contributed by atoms with Crippen molar-refractivity contribution in [3.05, 3.63) is 63.6 Å². The number of aryl methyl sites for hydroxylation is 1. The maximum absolute atomic E-state index is 11.8. The highest BCUT2D eigenvalue weighted by Crippen LogP contribution is 2.19. The topological polar surface area (TPSA) is 61.7 Å². The third kappa shape index (κ3) is 3.45. The molecule has 0 heterocycles. The number of aromatic hydroxyl groups is 1. The van der Waals surface area contributed by atoms with Crippen LogP contribution in [-0.4, -0.2) is 17.2 Å². The highest BCUT2D eigenvalue weighted by Gasteiger charge is 2.04. The van der Waals surface area contributed by atoms with Crippen LogP contribution in [0.25, 0.3) is 0 Å². The number of carbonyl (C=O) groups excluding carboxylic acids is 1. The molecule has 0 aliphatic carbocycles. The quantitative estimate of drug-likeness (QED) is 0.669. The van der Waals surface area contributed by atoms with Crippen LogP contribution in [0, 0.1) is 6.92 Å². The lowest BCUT2D eigenvalue weighted by atomic mass is 10.1. The number of nitrogens with one attached hydrogen (secondary N) is 1. The molecule has 0 aliphatic heterocycles. The van der Waals surface area contributed by atoms with Crippen molar-refractivity contribution in [2.24, 2.45) is 5.10 Å². The van der Waals surface area contributed by atoms with Gasteiger partial charge in [0.25, 0.3) is 5.91 Å². The van der Waals surface area contributed by atoms with E-state index in [1.807, 2.05) is 12.1 Å². The van der Waals surface area contributed by atoms with Crippen LogP contribution >= 0.6 is 15.9 Å². The second kappa shape index (κ2) is 6.34. The molecule has 0 saturated heterocycles. The standard InChI is InChI=1S/C15H13BrN2O2/c1-10-4-2-6-12(14(10)19)9-17-18-15(20)11-5-3-7-13(16)8-11/h2-9,19H,1H3,(H,18,20)/b17-9+. The Morgan fingerprint density at radius 2 is 2.05 bits per heavy atom. The molecule has 0 bridgehead atoms. The number of para-hydroxylation sites is 1. The molecule has 0 unspecified atom stereocenters. The lowest BCUT2D eigenvalue weighted by molar-refractivity contribution is 0.0955. The summed E-state index contributed by atoms with van der Waals surface area (Å²) in [4.78, 5) is 11.8. The van der Waals surface area contributed by atoms with Crippen molar-refractivity contribution in [1.29, 1.82) is 0 Å². The van der Waals surface area contributed by atoms with Crippen molar-refractivity contribution < 1.29 is 9.90 Å². The van der Waals surface area contributed by atoms with Gasteiger partial charge in [0, 0.05) is 15.6 Å². The normalized spacial score (nSPS) is 10.7. The van der Waals surface area contributed by atoms with E-state index < -0.39 is 0 Å². The molecule has 5 heteroatoms. The van der Waals surface area contributed by atoms with Crippen LogP contribution in [0.5, 0.6) is 5.75 Å². The fourth-order valence-corrected chi connectivity index (χ4v) is 2.04. The van der Waals surface area contributed by atoms with E-state index in [0.29, 0.717) is 11.1 Å². The first-order valence-corrected chi connectivity index (χ1v) is 6.75. The zero-order chi connectivity index (χ0) is 14.5. The zero-order valence-electron chi connectivity index (χ0n) is 10.8. The van der Waals surface area contributed by atoms with Crippen molar-refractivity contribution in [3.63, 3.8) is 0 Å². The van der Waals surface area contributed by atoms with Crippen molar-refractivity contribution in [1.82, 2.24) is 5.43 Å². The van der Waals surface area contributed by atoms with Crippen molar-refractivity contribution in [2.45, 2.75) is 6.92 Å². The van der Waals surface area contributed by atoms with Crippen LogP contribution in [0.3, 0.4) is 0 Å². The molecule has 1 amide bonds. The van der Waals surface area contributed by atoms with Gasteiger partial charge in [-0.3, -0.25) is 4.79 Å². The van der Waals surface area contributed by atoms with Gasteiger partial charge >= 0.3 is 0 Å². The van der Waals surface area contributed by atoms with Gasteiger partial charge in [0.1, 0.15) is 5.75 Å². The summed E-state index contributed by atoms with van der Waals surface area (Å²) in [5, 5.41) is 13.7. The van der Waals surface area contributed by atoms with E-state index in [4.69, 9.17) is 0 Å². The molecular weight excluding hydrogens is 320 g/mol. The Morgan fingerprint density at radius 3 is 2.80 bits per heavy atom. The molecule has 0 saturated carbocycles. The summed E-state index contributed by atoms with van der Waals surface area (Å²) in [7, 11) is 0. The number of phenols is 1. The monoisotopic (exact) mass is 332 g/mol. The molecular formula is C15H13BrN2O2. The summed E-state index contributed by atoms with van der Waals surface area (Å²) < 4.78 is 0.824. The molecule has 0 atom stereocenters. The molecule has 0 radical (unpaired) electrons. The number of rotatable bonds is 3. The molecule has 0 aromatic heterocycles. The third-order valence-corrected chi connectivity index (χ3v) is 3.22. The maximum atomic E-state index is 11.8. The fraction of sp³-hybridized carbons (Fsp3) is 0.0667. The lowest BCUT2D eigenvalue weighted by Gasteiger charge is -2.02. The van der Waals surface area contributed by atoms with Crippen molar-refractivity contribution in [2.75, 3.05) is 0 Å². The van der Waals surface area contributed by atoms with E-state index in [1.165, 1.54) is 6.21 Å². The van der Waals surface area contributed by atoms with Crippen LogP contribution in [0.2, 0.25) is 0 Å². The number of nitrogens with zero attached hydrogens (tertiary/aromatic N) is 1. The summed E-state index contributed by atoms with van der Waals surface area (Å²) in [5.74, 6) is -0.150. The summed E-state index contributed by atoms with van der Waals surface area (Å²) in [6.45, 7) is 1.80.